The van der Waals surface area contributed by atoms with Gasteiger partial charge in [0.25, 0.3) is 0 Å². The molecular formula is C10H9FO. The van der Waals surface area contributed by atoms with E-state index < -0.39 is 0 Å². The number of hydrogen-bond acceptors (Lipinski definition) is 1. The van der Waals surface area contributed by atoms with Gasteiger partial charge in [-0.2, -0.15) is 0 Å². The van der Waals surface area contributed by atoms with Gasteiger partial charge in [0.05, 0.1) is 0 Å². The highest BCUT2D eigenvalue weighted by atomic mass is 19.1. The van der Waals surface area contributed by atoms with Crippen molar-refractivity contribution in [3.05, 3.63) is 41.7 Å². The zero-order valence-electron chi connectivity index (χ0n) is 6.75. The zero-order valence-corrected chi connectivity index (χ0v) is 6.75. The third-order valence-corrected chi connectivity index (χ3v) is 1.62. The number of carbonyl (C=O) groups is 1. The Kier molecular flexibility index (Phi) is 2.75. The Bertz CT molecular complexity index is 298. The summed E-state index contributed by atoms with van der Waals surface area (Å²) in [6, 6.07) is 6.03. The van der Waals surface area contributed by atoms with Gasteiger partial charge in [0.15, 0.2) is 0 Å². The first kappa shape index (κ1) is 8.65. The maximum atomic E-state index is 12.4. The smallest absolute Gasteiger partial charge is 0.143 e. The van der Waals surface area contributed by atoms with Crippen molar-refractivity contribution < 1.29 is 9.18 Å². The maximum Gasteiger partial charge on any atom is 0.143 e. The van der Waals surface area contributed by atoms with Crippen molar-refractivity contribution >= 4 is 11.9 Å². The molecule has 1 rings (SSSR count). The highest BCUT2D eigenvalue weighted by Crippen LogP contribution is 2.12. The highest BCUT2D eigenvalue weighted by molar-refractivity contribution is 5.80. The van der Waals surface area contributed by atoms with Gasteiger partial charge in [0.2, 0.25) is 0 Å². The standard InChI is InChI=1S/C10H9FO/c1-8(6-7-12)9-2-4-10(11)5-3-9/h2-7H,1H3/b8-6+. The Balaban J connectivity index is 2.97. The zero-order chi connectivity index (χ0) is 8.97. The minimum Gasteiger partial charge on any atom is -0.299 e. The Labute approximate surface area is 70.5 Å². The minimum absolute atomic E-state index is 0.266. The van der Waals surface area contributed by atoms with Crippen molar-refractivity contribution in [2.75, 3.05) is 0 Å². The number of rotatable bonds is 2. The number of hydrogen-bond donors (Lipinski definition) is 0. The summed E-state index contributed by atoms with van der Waals surface area (Å²) < 4.78 is 12.4. The van der Waals surface area contributed by atoms with Crippen LogP contribution in [0.2, 0.25) is 0 Å². The summed E-state index contributed by atoms with van der Waals surface area (Å²) in [5.41, 5.74) is 1.70. The lowest BCUT2D eigenvalue weighted by Gasteiger charge is -1.98. The average Bonchev–Trinajstić information content (AvgIpc) is 2.06. The molecule has 1 aromatic rings. The van der Waals surface area contributed by atoms with Crippen molar-refractivity contribution in [3.63, 3.8) is 0 Å². The largest absolute Gasteiger partial charge is 0.299 e. The number of aldehydes is 1. The van der Waals surface area contributed by atoms with Crippen LogP contribution in [0, 0.1) is 5.82 Å². The van der Waals surface area contributed by atoms with Gasteiger partial charge in [-0.25, -0.2) is 4.39 Å². The molecule has 1 nitrogen and oxygen atoms in total. The fourth-order valence-corrected chi connectivity index (χ4v) is 0.911. The molecule has 0 aliphatic carbocycles. The van der Waals surface area contributed by atoms with E-state index >= 15 is 0 Å². The molecule has 2 heteroatoms. The summed E-state index contributed by atoms with van der Waals surface area (Å²) in [6.45, 7) is 1.81. The molecule has 1 aromatic carbocycles. The quantitative estimate of drug-likeness (QED) is 0.484. The molecule has 0 bridgehead atoms. The summed E-state index contributed by atoms with van der Waals surface area (Å²) in [4.78, 5) is 10.1. The van der Waals surface area contributed by atoms with Crippen LogP contribution in [0.4, 0.5) is 4.39 Å². The van der Waals surface area contributed by atoms with E-state index in [1.807, 2.05) is 6.92 Å². The molecule has 0 amide bonds. The van der Waals surface area contributed by atoms with Gasteiger partial charge in [-0.1, -0.05) is 12.1 Å². The lowest BCUT2D eigenvalue weighted by Crippen LogP contribution is -1.80. The predicted molar refractivity (Wildman–Crippen MR) is 46.1 cm³/mol. The van der Waals surface area contributed by atoms with E-state index in [-0.39, 0.29) is 5.82 Å². The summed E-state index contributed by atoms with van der Waals surface area (Å²) in [5.74, 6) is -0.266. The number of benzene rings is 1. The second kappa shape index (κ2) is 3.81. The van der Waals surface area contributed by atoms with Gasteiger partial charge in [-0.3, -0.25) is 4.79 Å². The van der Waals surface area contributed by atoms with Crippen molar-refractivity contribution in [3.8, 4) is 0 Å². The lowest BCUT2D eigenvalue weighted by atomic mass is 10.1. The topological polar surface area (TPSA) is 17.1 Å². The first-order valence-corrected chi connectivity index (χ1v) is 3.62. The van der Waals surface area contributed by atoms with Crippen LogP contribution in [0.1, 0.15) is 12.5 Å². The van der Waals surface area contributed by atoms with Gasteiger partial charge in [-0.05, 0) is 36.3 Å². The highest BCUT2D eigenvalue weighted by Gasteiger charge is 1.94. The molecule has 0 aromatic heterocycles. The molecule has 0 spiro atoms. The Hall–Kier alpha value is -1.44. The van der Waals surface area contributed by atoms with Crippen molar-refractivity contribution in [2.24, 2.45) is 0 Å². The predicted octanol–water partition coefficient (Wildman–Crippen LogP) is 2.43. The van der Waals surface area contributed by atoms with Crippen LogP contribution in [0.15, 0.2) is 30.3 Å². The first-order valence-electron chi connectivity index (χ1n) is 3.62. The molecule has 0 radical (unpaired) electrons. The van der Waals surface area contributed by atoms with Crippen LogP contribution in [-0.2, 0) is 4.79 Å². The number of carbonyl (C=O) groups excluding carboxylic acids is 1. The fourth-order valence-electron chi connectivity index (χ4n) is 0.911. The van der Waals surface area contributed by atoms with Crippen LogP contribution in [-0.4, -0.2) is 6.29 Å². The molecule has 0 aliphatic heterocycles. The first-order chi connectivity index (χ1) is 5.74. The second-order valence-electron chi connectivity index (χ2n) is 2.49. The third-order valence-electron chi connectivity index (χ3n) is 1.62. The molecule has 12 heavy (non-hydrogen) atoms. The molecule has 0 saturated heterocycles. The average molecular weight is 164 g/mol. The third kappa shape index (κ3) is 2.02. The molecule has 0 atom stereocenters. The van der Waals surface area contributed by atoms with Crippen LogP contribution >= 0.6 is 0 Å². The van der Waals surface area contributed by atoms with Crippen molar-refractivity contribution in [1.82, 2.24) is 0 Å². The van der Waals surface area contributed by atoms with E-state index in [1.165, 1.54) is 18.2 Å². The van der Waals surface area contributed by atoms with Gasteiger partial charge < -0.3 is 0 Å². The molecular weight excluding hydrogens is 155 g/mol. The normalized spacial score (nSPS) is 11.3. The van der Waals surface area contributed by atoms with E-state index in [1.54, 1.807) is 12.1 Å². The van der Waals surface area contributed by atoms with Crippen LogP contribution in [0.25, 0.3) is 5.57 Å². The summed E-state index contributed by atoms with van der Waals surface area (Å²) in [5, 5.41) is 0. The van der Waals surface area contributed by atoms with Crippen LogP contribution < -0.4 is 0 Å². The van der Waals surface area contributed by atoms with Gasteiger partial charge >= 0.3 is 0 Å². The fraction of sp³-hybridized carbons (Fsp3) is 0.100. The summed E-state index contributed by atoms with van der Waals surface area (Å²) in [6.07, 6.45) is 2.17. The van der Waals surface area contributed by atoms with E-state index in [9.17, 15) is 9.18 Å². The Morgan fingerprint density at radius 1 is 1.33 bits per heavy atom. The van der Waals surface area contributed by atoms with Crippen LogP contribution in [0.3, 0.4) is 0 Å². The molecule has 0 N–H and O–H groups in total. The maximum absolute atomic E-state index is 12.4. The lowest BCUT2D eigenvalue weighted by molar-refractivity contribution is -0.104. The number of allylic oxidation sites excluding steroid dienone is 2. The van der Waals surface area contributed by atoms with Crippen molar-refractivity contribution in [2.45, 2.75) is 6.92 Å². The minimum atomic E-state index is -0.266. The molecule has 0 saturated carbocycles. The number of halogens is 1. The molecule has 0 fully saturated rings. The monoisotopic (exact) mass is 164 g/mol. The Morgan fingerprint density at radius 3 is 2.42 bits per heavy atom. The Morgan fingerprint density at radius 2 is 1.92 bits per heavy atom. The second-order valence-corrected chi connectivity index (χ2v) is 2.49. The molecule has 62 valence electrons. The van der Waals surface area contributed by atoms with E-state index in [0.717, 1.165) is 17.4 Å². The molecule has 0 heterocycles. The SMILES string of the molecule is C/C(=C\C=O)c1ccc(F)cc1. The molecule has 0 unspecified atom stereocenters. The van der Waals surface area contributed by atoms with E-state index in [2.05, 4.69) is 0 Å². The summed E-state index contributed by atoms with van der Waals surface area (Å²) >= 11 is 0. The van der Waals surface area contributed by atoms with Gasteiger partial charge in [0.1, 0.15) is 12.1 Å². The van der Waals surface area contributed by atoms with E-state index in [0.29, 0.717) is 0 Å². The van der Waals surface area contributed by atoms with Crippen molar-refractivity contribution in [1.29, 1.82) is 0 Å². The summed E-state index contributed by atoms with van der Waals surface area (Å²) in [7, 11) is 0. The van der Waals surface area contributed by atoms with E-state index in [4.69, 9.17) is 0 Å². The van der Waals surface area contributed by atoms with Crippen LogP contribution in [0.5, 0.6) is 0 Å². The van der Waals surface area contributed by atoms with Gasteiger partial charge in [0, 0.05) is 0 Å². The molecule has 0 aliphatic rings. The van der Waals surface area contributed by atoms with Gasteiger partial charge in [-0.15, -0.1) is 0 Å².